The van der Waals surface area contributed by atoms with Crippen LogP contribution in [0.1, 0.15) is 32.1 Å². The number of rotatable bonds is 3. The maximum Gasteiger partial charge on any atom is 0.228 e. The molecule has 1 aliphatic heterocycles. The number of carbonyl (C=O) groups is 2. The summed E-state index contributed by atoms with van der Waals surface area (Å²) in [5, 5.41) is 3.37. The number of halogens is 1. The minimum Gasteiger partial charge on any atom is -0.342 e. The molecule has 0 aromatic carbocycles. The lowest BCUT2D eigenvalue weighted by molar-refractivity contribution is -0.140. The molecule has 6 nitrogen and oxygen atoms in total. The number of carbonyl (C=O) groups excluding carboxylic acids is 2. The van der Waals surface area contributed by atoms with Crippen molar-refractivity contribution in [1.82, 2.24) is 9.88 Å². The number of anilines is 1. The van der Waals surface area contributed by atoms with Crippen LogP contribution >= 0.6 is 11.6 Å². The highest BCUT2D eigenvalue weighted by molar-refractivity contribution is 6.30. The molecule has 140 valence electrons. The van der Waals surface area contributed by atoms with Crippen molar-refractivity contribution in [3.8, 4) is 0 Å². The van der Waals surface area contributed by atoms with Crippen LogP contribution in [0.4, 0.5) is 5.82 Å². The largest absolute Gasteiger partial charge is 0.342 e. The molecule has 0 radical (unpaired) electrons. The van der Waals surface area contributed by atoms with Crippen molar-refractivity contribution in [2.45, 2.75) is 38.1 Å². The van der Waals surface area contributed by atoms with E-state index in [1.807, 2.05) is 4.90 Å². The van der Waals surface area contributed by atoms with Crippen molar-refractivity contribution in [1.29, 1.82) is 0 Å². The molecule has 3 aliphatic rings. The van der Waals surface area contributed by atoms with Crippen molar-refractivity contribution >= 4 is 29.2 Å². The van der Waals surface area contributed by atoms with Crippen molar-refractivity contribution in [3.05, 3.63) is 23.4 Å². The summed E-state index contributed by atoms with van der Waals surface area (Å²) in [5.74, 6) is 1.59. The molecular weight excluding hydrogens is 352 g/mol. The first-order valence-electron chi connectivity index (χ1n) is 9.49. The standard InChI is InChI=1S/C19H25ClN4O2/c20-14-3-4-15(22-10-14)23-18(25)11-5-7-24(8-6-11)19(26)16-12-1-2-13(9-12)17(16)21/h3-4,10-13,16-17H,1-2,5-9,21H2,(H,22,23,25). The normalized spacial score (nSPS) is 31.2. The van der Waals surface area contributed by atoms with E-state index in [1.165, 1.54) is 12.6 Å². The average Bonchev–Trinajstić information content (AvgIpc) is 3.24. The Labute approximate surface area is 158 Å². The van der Waals surface area contributed by atoms with Gasteiger partial charge in [-0.1, -0.05) is 11.6 Å². The molecule has 4 atom stereocenters. The Morgan fingerprint density at radius 1 is 1.15 bits per heavy atom. The van der Waals surface area contributed by atoms with Gasteiger partial charge in [-0.25, -0.2) is 4.98 Å². The number of likely N-dealkylation sites (tertiary alicyclic amines) is 1. The van der Waals surface area contributed by atoms with Gasteiger partial charge < -0.3 is 16.0 Å². The summed E-state index contributed by atoms with van der Waals surface area (Å²) in [6.45, 7) is 1.26. The first kappa shape index (κ1) is 17.7. The third-order valence-electron chi connectivity index (χ3n) is 6.42. The van der Waals surface area contributed by atoms with Gasteiger partial charge in [0.15, 0.2) is 0 Å². The number of nitrogens with zero attached hydrogens (tertiary/aromatic N) is 2. The number of nitrogens with two attached hydrogens (primary N) is 1. The van der Waals surface area contributed by atoms with E-state index in [0.717, 1.165) is 12.8 Å². The zero-order valence-electron chi connectivity index (χ0n) is 14.7. The molecule has 0 spiro atoms. The molecule has 4 unspecified atom stereocenters. The van der Waals surface area contributed by atoms with E-state index < -0.39 is 0 Å². The van der Waals surface area contributed by atoms with Gasteiger partial charge in [-0.15, -0.1) is 0 Å². The van der Waals surface area contributed by atoms with Crippen LogP contribution in [0.5, 0.6) is 0 Å². The fourth-order valence-electron chi connectivity index (χ4n) is 4.95. The molecule has 3 N–H and O–H groups in total. The summed E-state index contributed by atoms with van der Waals surface area (Å²) in [4.78, 5) is 31.4. The van der Waals surface area contributed by atoms with E-state index in [2.05, 4.69) is 10.3 Å². The molecule has 2 bridgehead atoms. The molecule has 2 aliphatic carbocycles. The predicted molar refractivity (Wildman–Crippen MR) is 99.5 cm³/mol. The van der Waals surface area contributed by atoms with E-state index in [9.17, 15) is 9.59 Å². The summed E-state index contributed by atoms with van der Waals surface area (Å²) in [6.07, 6.45) is 6.31. The highest BCUT2D eigenvalue weighted by Gasteiger charge is 2.50. The summed E-state index contributed by atoms with van der Waals surface area (Å²) >= 11 is 5.81. The van der Waals surface area contributed by atoms with Crippen LogP contribution in [0.15, 0.2) is 18.3 Å². The number of pyridine rings is 1. The summed E-state index contributed by atoms with van der Waals surface area (Å²) in [6, 6.07) is 3.41. The van der Waals surface area contributed by atoms with Gasteiger partial charge in [-0.3, -0.25) is 9.59 Å². The zero-order valence-corrected chi connectivity index (χ0v) is 15.5. The summed E-state index contributed by atoms with van der Waals surface area (Å²) in [7, 11) is 0. The van der Waals surface area contributed by atoms with Crippen molar-refractivity contribution in [3.63, 3.8) is 0 Å². The Hall–Kier alpha value is -1.66. The molecule has 3 fully saturated rings. The van der Waals surface area contributed by atoms with Gasteiger partial charge in [-0.05, 0) is 56.1 Å². The van der Waals surface area contributed by atoms with Gasteiger partial charge in [-0.2, -0.15) is 0 Å². The molecule has 1 aromatic heterocycles. The number of nitrogens with one attached hydrogen (secondary N) is 1. The number of hydrogen-bond donors (Lipinski definition) is 2. The summed E-state index contributed by atoms with van der Waals surface area (Å²) in [5.41, 5.74) is 6.32. The molecule has 2 saturated carbocycles. The molecular formula is C19H25ClN4O2. The van der Waals surface area contributed by atoms with Crippen molar-refractivity contribution in [2.24, 2.45) is 29.4 Å². The molecule has 4 rings (SSSR count). The van der Waals surface area contributed by atoms with Crippen LogP contribution in [0.3, 0.4) is 0 Å². The maximum absolute atomic E-state index is 12.9. The monoisotopic (exact) mass is 376 g/mol. The average molecular weight is 377 g/mol. The smallest absolute Gasteiger partial charge is 0.228 e. The number of piperidine rings is 1. The van der Waals surface area contributed by atoms with Crippen LogP contribution in [-0.2, 0) is 9.59 Å². The second-order valence-electron chi connectivity index (χ2n) is 7.89. The van der Waals surface area contributed by atoms with Crippen LogP contribution < -0.4 is 11.1 Å². The van der Waals surface area contributed by atoms with Gasteiger partial charge in [0.2, 0.25) is 11.8 Å². The lowest BCUT2D eigenvalue weighted by atomic mass is 9.83. The van der Waals surface area contributed by atoms with E-state index in [0.29, 0.717) is 48.6 Å². The fourth-order valence-corrected chi connectivity index (χ4v) is 5.06. The third kappa shape index (κ3) is 3.32. The minimum absolute atomic E-state index is 0.00241. The van der Waals surface area contributed by atoms with E-state index in [1.54, 1.807) is 12.1 Å². The highest BCUT2D eigenvalue weighted by Crippen LogP contribution is 2.48. The van der Waals surface area contributed by atoms with Crippen LogP contribution in [0, 0.1) is 23.7 Å². The molecule has 1 saturated heterocycles. The number of fused-ring (bicyclic) bond motifs is 2. The predicted octanol–water partition coefficient (Wildman–Crippen LogP) is 2.29. The van der Waals surface area contributed by atoms with Gasteiger partial charge in [0, 0.05) is 31.2 Å². The molecule has 1 aromatic rings. The van der Waals surface area contributed by atoms with Gasteiger partial charge >= 0.3 is 0 Å². The van der Waals surface area contributed by atoms with Gasteiger partial charge in [0.05, 0.1) is 10.9 Å². The first-order chi connectivity index (χ1) is 12.5. The van der Waals surface area contributed by atoms with E-state index in [4.69, 9.17) is 17.3 Å². The Kier molecular flexibility index (Phi) is 4.88. The van der Waals surface area contributed by atoms with E-state index >= 15 is 0 Å². The Morgan fingerprint density at radius 2 is 1.88 bits per heavy atom. The van der Waals surface area contributed by atoms with Crippen LogP contribution in [0.2, 0.25) is 5.02 Å². The lowest BCUT2D eigenvalue weighted by Gasteiger charge is -2.36. The molecule has 7 heteroatoms. The number of amides is 2. The number of aromatic nitrogens is 1. The second-order valence-corrected chi connectivity index (χ2v) is 8.32. The molecule has 2 heterocycles. The van der Waals surface area contributed by atoms with Gasteiger partial charge in [0.1, 0.15) is 5.82 Å². The highest BCUT2D eigenvalue weighted by atomic mass is 35.5. The fraction of sp³-hybridized carbons (Fsp3) is 0.632. The minimum atomic E-state index is -0.0924. The maximum atomic E-state index is 12.9. The zero-order chi connectivity index (χ0) is 18.3. The van der Waals surface area contributed by atoms with Crippen molar-refractivity contribution < 1.29 is 9.59 Å². The second kappa shape index (κ2) is 7.16. The van der Waals surface area contributed by atoms with E-state index in [-0.39, 0.29) is 29.7 Å². The van der Waals surface area contributed by atoms with Crippen LogP contribution in [-0.4, -0.2) is 40.8 Å². The molecule has 26 heavy (non-hydrogen) atoms. The SMILES string of the molecule is NC1C2CCC(C2)C1C(=O)N1CCC(C(=O)Nc2ccc(Cl)cn2)CC1. The lowest BCUT2D eigenvalue weighted by Crippen LogP contribution is -2.50. The Balaban J connectivity index is 1.30. The first-order valence-corrected chi connectivity index (χ1v) is 9.87. The topological polar surface area (TPSA) is 88.3 Å². The van der Waals surface area contributed by atoms with Crippen LogP contribution in [0.25, 0.3) is 0 Å². The molecule has 2 amide bonds. The van der Waals surface area contributed by atoms with Gasteiger partial charge in [0.25, 0.3) is 0 Å². The Morgan fingerprint density at radius 3 is 2.50 bits per heavy atom. The quantitative estimate of drug-likeness (QED) is 0.847. The van der Waals surface area contributed by atoms with Crippen molar-refractivity contribution in [2.75, 3.05) is 18.4 Å². The summed E-state index contributed by atoms with van der Waals surface area (Å²) < 4.78 is 0. The Bertz CT molecular complexity index is 685. The number of hydrogen-bond acceptors (Lipinski definition) is 4. The third-order valence-corrected chi connectivity index (χ3v) is 6.65.